The Labute approximate surface area is 168 Å². The molecule has 0 aliphatic carbocycles. The molecule has 0 radical (unpaired) electrons. The number of hydrogen-bond donors (Lipinski definition) is 1. The van der Waals surface area contributed by atoms with E-state index in [-0.39, 0.29) is 11.6 Å². The highest BCUT2D eigenvalue weighted by molar-refractivity contribution is 5.93. The number of hydrogen-bond acceptors (Lipinski definition) is 5. The molecule has 146 valence electrons. The van der Waals surface area contributed by atoms with Crippen LogP contribution >= 0.6 is 0 Å². The van der Waals surface area contributed by atoms with Crippen LogP contribution in [0, 0.1) is 13.8 Å². The molecule has 7 heteroatoms. The van der Waals surface area contributed by atoms with Crippen molar-refractivity contribution in [3.8, 4) is 17.1 Å². The van der Waals surface area contributed by atoms with Gasteiger partial charge in [0.05, 0.1) is 5.69 Å². The van der Waals surface area contributed by atoms with Crippen molar-refractivity contribution in [3.05, 3.63) is 83.4 Å². The predicted molar refractivity (Wildman–Crippen MR) is 109 cm³/mol. The van der Waals surface area contributed by atoms with Gasteiger partial charge in [-0.2, -0.15) is 5.10 Å². The summed E-state index contributed by atoms with van der Waals surface area (Å²) in [5, 5.41) is 11.4. The van der Waals surface area contributed by atoms with E-state index in [1.165, 1.54) is 0 Å². The third kappa shape index (κ3) is 3.94. The monoisotopic (exact) mass is 387 g/mol. The molecule has 0 saturated heterocycles. The fourth-order valence-electron chi connectivity index (χ4n) is 3.25. The summed E-state index contributed by atoms with van der Waals surface area (Å²) >= 11 is 0. The lowest BCUT2D eigenvalue weighted by Gasteiger charge is -2.05. The number of aryl methyl sites for hydroxylation is 1. The Morgan fingerprint density at radius 2 is 1.90 bits per heavy atom. The van der Waals surface area contributed by atoms with E-state index in [1.54, 1.807) is 12.3 Å². The summed E-state index contributed by atoms with van der Waals surface area (Å²) in [6.45, 7) is 4.45. The van der Waals surface area contributed by atoms with Crippen LogP contribution in [0.1, 0.15) is 27.4 Å². The molecule has 3 heterocycles. The number of nitrogens with one attached hydrogen (secondary N) is 1. The van der Waals surface area contributed by atoms with E-state index < -0.39 is 0 Å². The SMILES string of the molecule is Cc1nn(-c2ccccn2)c(C)c1CCNC(=O)c1cc(-c2ccccc2)on1. The minimum atomic E-state index is -0.261. The molecule has 0 bridgehead atoms. The first kappa shape index (κ1) is 18.6. The van der Waals surface area contributed by atoms with Crippen molar-refractivity contribution in [3.63, 3.8) is 0 Å². The van der Waals surface area contributed by atoms with E-state index in [1.807, 2.05) is 67.1 Å². The maximum Gasteiger partial charge on any atom is 0.273 e. The van der Waals surface area contributed by atoms with Crippen molar-refractivity contribution in [2.45, 2.75) is 20.3 Å². The van der Waals surface area contributed by atoms with Gasteiger partial charge in [-0.05, 0) is 38.0 Å². The average molecular weight is 387 g/mol. The molecule has 7 nitrogen and oxygen atoms in total. The number of amides is 1. The van der Waals surface area contributed by atoms with Crippen molar-refractivity contribution in [1.29, 1.82) is 0 Å². The van der Waals surface area contributed by atoms with E-state index in [2.05, 4.69) is 20.6 Å². The third-order valence-corrected chi connectivity index (χ3v) is 4.77. The molecule has 0 aliphatic heterocycles. The minimum Gasteiger partial charge on any atom is -0.355 e. The summed E-state index contributed by atoms with van der Waals surface area (Å²) < 4.78 is 7.13. The average Bonchev–Trinajstić information content (AvgIpc) is 3.36. The highest BCUT2D eigenvalue weighted by Crippen LogP contribution is 2.20. The van der Waals surface area contributed by atoms with Crippen molar-refractivity contribution in [2.24, 2.45) is 0 Å². The first-order valence-corrected chi connectivity index (χ1v) is 9.40. The number of rotatable bonds is 6. The summed E-state index contributed by atoms with van der Waals surface area (Å²) in [6.07, 6.45) is 2.41. The standard InChI is InChI=1S/C22H21N5O2/c1-15-18(16(2)27(25-15)21-10-6-7-12-23-21)11-13-24-22(28)19-14-20(29-26-19)17-8-4-3-5-9-17/h3-10,12,14H,11,13H2,1-2H3,(H,24,28). The summed E-state index contributed by atoms with van der Waals surface area (Å²) in [5.74, 6) is 1.09. The Morgan fingerprint density at radius 1 is 1.10 bits per heavy atom. The summed E-state index contributed by atoms with van der Waals surface area (Å²) in [4.78, 5) is 16.8. The number of carbonyl (C=O) groups excluding carboxylic acids is 1. The molecular formula is C22H21N5O2. The number of carbonyl (C=O) groups is 1. The molecule has 1 amide bonds. The molecule has 0 atom stereocenters. The zero-order chi connectivity index (χ0) is 20.2. The van der Waals surface area contributed by atoms with Gasteiger partial charge in [0, 0.05) is 30.1 Å². The Balaban J connectivity index is 1.40. The predicted octanol–water partition coefficient (Wildman–Crippen LogP) is 3.51. The van der Waals surface area contributed by atoms with Crippen molar-refractivity contribution in [1.82, 2.24) is 25.2 Å². The van der Waals surface area contributed by atoms with Gasteiger partial charge in [0.25, 0.3) is 5.91 Å². The lowest BCUT2D eigenvalue weighted by atomic mass is 10.1. The van der Waals surface area contributed by atoms with Gasteiger partial charge in [0.2, 0.25) is 0 Å². The molecule has 0 aliphatic rings. The van der Waals surface area contributed by atoms with Crippen LogP contribution in [0.25, 0.3) is 17.1 Å². The topological polar surface area (TPSA) is 85.8 Å². The quantitative estimate of drug-likeness (QED) is 0.547. The number of aromatic nitrogens is 4. The van der Waals surface area contributed by atoms with Gasteiger partial charge < -0.3 is 9.84 Å². The van der Waals surface area contributed by atoms with Crippen LogP contribution in [0.2, 0.25) is 0 Å². The van der Waals surface area contributed by atoms with Gasteiger partial charge in [0.15, 0.2) is 17.3 Å². The molecule has 4 aromatic rings. The van der Waals surface area contributed by atoms with Gasteiger partial charge in [-0.15, -0.1) is 0 Å². The largest absolute Gasteiger partial charge is 0.355 e. The summed E-state index contributed by atoms with van der Waals surface area (Å²) in [7, 11) is 0. The van der Waals surface area contributed by atoms with Crippen LogP contribution in [0.4, 0.5) is 0 Å². The zero-order valence-corrected chi connectivity index (χ0v) is 16.3. The lowest BCUT2D eigenvalue weighted by Crippen LogP contribution is -2.26. The Morgan fingerprint density at radius 3 is 2.66 bits per heavy atom. The maximum absolute atomic E-state index is 12.4. The lowest BCUT2D eigenvalue weighted by molar-refractivity contribution is 0.0945. The van der Waals surface area contributed by atoms with Crippen LogP contribution in [-0.4, -0.2) is 32.4 Å². The molecular weight excluding hydrogens is 366 g/mol. The molecule has 0 saturated carbocycles. The van der Waals surface area contributed by atoms with E-state index in [4.69, 9.17) is 4.52 Å². The second kappa shape index (κ2) is 8.10. The van der Waals surface area contributed by atoms with Crippen LogP contribution in [0.5, 0.6) is 0 Å². The van der Waals surface area contributed by atoms with Gasteiger partial charge in [0.1, 0.15) is 0 Å². The second-order valence-corrected chi connectivity index (χ2v) is 6.70. The molecule has 29 heavy (non-hydrogen) atoms. The number of pyridine rings is 1. The first-order chi connectivity index (χ1) is 14.1. The highest BCUT2D eigenvalue weighted by Gasteiger charge is 2.16. The zero-order valence-electron chi connectivity index (χ0n) is 16.3. The maximum atomic E-state index is 12.4. The summed E-state index contributed by atoms with van der Waals surface area (Å²) in [6, 6.07) is 16.9. The number of benzene rings is 1. The first-order valence-electron chi connectivity index (χ1n) is 9.40. The normalized spacial score (nSPS) is 10.8. The Hall–Kier alpha value is -3.74. The molecule has 4 rings (SSSR count). The van der Waals surface area contributed by atoms with Crippen molar-refractivity contribution < 1.29 is 9.32 Å². The van der Waals surface area contributed by atoms with Gasteiger partial charge in [-0.3, -0.25) is 4.79 Å². The van der Waals surface area contributed by atoms with E-state index in [0.717, 1.165) is 28.3 Å². The molecule has 3 aromatic heterocycles. The highest BCUT2D eigenvalue weighted by atomic mass is 16.5. The third-order valence-electron chi connectivity index (χ3n) is 4.77. The Bertz CT molecular complexity index is 1120. The second-order valence-electron chi connectivity index (χ2n) is 6.70. The van der Waals surface area contributed by atoms with Crippen LogP contribution in [0.15, 0.2) is 65.3 Å². The fourth-order valence-corrected chi connectivity index (χ4v) is 3.25. The molecule has 1 N–H and O–H groups in total. The molecule has 0 unspecified atom stereocenters. The Kier molecular flexibility index (Phi) is 5.20. The van der Waals surface area contributed by atoms with Gasteiger partial charge in [-0.1, -0.05) is 41.6 Å². The smallest absolute Gasteiger partial charge is 0.273 e. The molecule has 0 spiro atoms. The minimum absolute atomic E-state index is 0.261. The van der Waals surface area contributed by atoms with E-state index in [9.17, 15) is 4.79 Å². The van der Waals surface area contributed by atoms with Crippen LogP contribution < -0.4 is 5.32 Å². The summed E-state index contributed by atoms with van der Waals surface area (Å²) in [5.41, 5.74) is 4.19. The van der Waals surface area contributed by atoms with E-state index >= 15 is 0 Å². The van der Waals surface area contributed by atoms with Gasteiger partial charge in [-0.25, -0.2) is 9.67 Å². The van der Waals surface area contributed by atoms with Crippen LogP contribution in [-0.2, 0) is 6.42 Å². The fraction of sp³-hybridized carbons (Fsp3) is 0.182. The van der Waals surface area contributed by atoms with E-state index in [0.29, 0.717) is 18.7 Å². The van der Waals surface area contributed by atoms with Crippen molar-refractivity contribution >= 4 is 5.91 Å². The molecule has 0 fully saturated rings. The molecule has 1 aromatic carbocycles. The number of nitrogens with zero attached hydrogens (tertiary/aromatic N) is 4. The van der Waals surface area contributed by atoms with Gasteiger partial charge >= 0.3 is 0 Å². The van der Waals surface area contributed by atoms with Crippen LogP contribution in [0.3, 0.4) is 0 Å². The van der Waals surface area contributed by atoms with Crippen molar-refractivity contribution in [2.75, 3.05) is 6.54 Å².